The lowest BCUT2D eigenvalue weighted by atomic mass is 10.1. The van der Waals surface area contributed by atoms with Crippen LogP contribution in [0.1, 0.15) is 19.8 Å². The summed E-state index contributed by atoms with van der Waals surface area (Å²) in [6.07, 6.45) is 1.11. The predicted molar refractivity (Wildman–Crippen MR) is 50.3 cm³/mol. The van der Waals surface area contributed by atoms with Gasteiger partial charge in [0.05, 0.1) is 0 Å². The van der Waals surface area contributed by atoms with E-state index in [9.17, 15) is 4.79 Å². The first-order valence-electron chi connectivity index (χ1n) is 4.79. The van der Waals surface area contributed by atoms with Gasteiger partial charge < -0.3 is 15.3 Å². The number of nitrogens with one attached hydrogen (secondary N) is 1. The summed E-state index contributed by atoms with van der Waals surface area (Å²) in [7, 11) is 1.94. The quantitative estimate of drug-likeness (QED) is 0.615. The molecule has 0 aromatic heterocycles. The fourth-order valence-electron chi connectivity index (χ4n) is 1.65. The minimum Gasteiger partial charge on any atom is -0.384 e. The molecule has 76 valence electrons. The van der Waals surface area contributed by atoms with Crippen LogP contribution in [0, 0.1) is 0 Å². The summed E-state index contributed by atoms with van der Waals surface area (Å²) in [5.41, 5.74) is 0. The normalized spacial score (nSPS) is 21.6. The number of amides is 1. The Kier molecular flexibility index (Phi) is 3.69. The second kappa shape index (κ2) is 4.58. The van der Waals surface area contributed by atoms with Crippen LogP contribution in [0.25, 0.3) is 0 Å². The van der Waals surface area contributed by atoms with E-state index in [-0.39, 0.29) is 5.91 Å². The largest absolute Gasteiger partial charge is 0.384 e. The first-order valence-corrected chi connectivity index (χ1v) is 4.79. The number of carbonyl (C=O) groups excluding carboxylic acids is 1. The molecular formula is C9H18N2O2. The van der Waals surface area contributed by atoms with Crippen LogP contribution in [0.5, 0.6) is 0 Å². The molecule has 1 atom stereocenters. The SMILES string of the molecule is CNC1CCN(C(=O)C(C)O)CC1. The van der Waals surface area contributed by atoms with Crippen LogP contribution in [0.4, 0.5) is 0 Å². The Balaban J connectivity index is 2.36. The maximum atomic E-state index is 11.3. The van der Waals surface area contributed by atoms with E-state index in [2.05, 4.69) is 5.32 Å². The van der Waals surface area contributed by atoms with Crippen LogP contribution in [-0.2, 0) is 4.79 Å². The zero-order valence-corrected chi connectivity index (χ0v) is 8.29. The smallest absolute Gasteiger partial charge is 0.251 e. The third-order valence-corrected chi connectivity index (χ3v) is 2.57. The van der Waals surface area contributed by atoms with Gasteiger partial charge in [-0.2, -0.15) is 0 Å². The Labute approximate surface area is 78.9 Å². The van der Waals surface area contributed by atoms with Crippen molar-refractivity contribution in [1.82, 2.24) is 10.2 Å². The van der Waals surface area contributed by atoms with Crippen molar-refractivity contribution in [3.8, 4) is 0 Å². The number of hydrogen-bond donors (Lipinski definition) is 2. The molecule has 1 unspecified atom stereocenters. The van der Waals surface area contributed by atoms with Gasteiger partial charge in [-0.25, -0.2) is 0 Å². The molecule has 0 bridgehead atoms. The van der Waals surface area contributed by atoms with Crippen molar-refractivity contribution < 1.29 is 9.90 Å². The average molecular weight is 186 g/mol. The molecule has 1 fully saturated rings. The van der Waals surface area contributed by atoms with Crippen LogP contribution < -0.4 is 5.32 Å². The van der Waals surface area contributed by atoms with Crippen LogP contribution in [-0.4, -0.2) is 48.2 Å². The lowest BCUT2D eigenvalue weighted by molar-refractivity contribution is -0.140. The van der Waals surface area contributed by atoms with Crippen molar-refractivity contribution >= 4 is 5.91 Å². The highest BCUT2D eigenvalue weighted by Crippen LogP contribution is 2.10. The number of rotatable bonds is 2. The summed E-state index contributed by atoms with van der Waals surface area (Å²) in [6.45, 7) is 3.04. The zero-order valence-electron chi connectivity index (χ0n) is 8.29. The second-order valence-electron chi connectivity index (χ2n) is 3.56. The van der Waals surface area contributed by atoms with E-state index >= 15 is 0 Å². The van der Waals surface area contributed by atoms with Gasteiger partial charge in [0.1, 0.15) is 6.10 Å². The van der Waals surface area contributed by atoms with Crippen molar-refractivity contribution in [3.05, 3.63) is 0 Å². The lowest BCUT2D eigenvalue weighted by Gasteiger charge is -2.32. The Hall–Kier alpha value is -0.610. The maximum Gasteiger partial charge on any atom is 0.251 e. The van der Waals surface area contributed by atoms with Gasteiger partial charge in [0.25, 0.3) is 5.91 Å². The molecule has 0 spiro atoms. The highest BCUT2D eigenvalue weighted by atomic mass is 16.3. The summed E-state index contributed by atoms with van der Waals surface area (Å²) in [4.78, 5) is 13.1. The Morgan fingerprint density at radius 3 is 2.46 bits per heavy atom. The van der Waals surface area contributed by atoms with Crippen LogP contribution in [0.3, 0.4) is 0 Å². The summed E-state index contributed by atoms with van der Waals surface area (Å²) in [5.74, 6) is -0.144. The molecule has 1 amide bonds. The first kappa shape index (κ1) is 10.5. The molecule has 4 nitrogen and oxygen atoms in total. The number of aliphatic hydroxyl groups is 1. The molecule has 0 aromatic rings. The van der Waals surface area contributed by atoms with Gasteiger partial charge in [-0.05, 0) is 26.8 Å². The minimum absolute atomic E-state index is 0.144. The molecule has 1 aliphatic heterocycles. The number of hydrogen-bond acceptors (Lipinski definition) is 3. The number of carbonyl (C=O) groups is 1. The molecule has 2 N–H and O–H groups in total. The Bertz CT molecular complexity index is 174. The molecule has 4 heteroatoms. The second-order valence-corrected chi connectivity index (χ2v) is 3.56. The van der Waals surface area contributed by atoms with Crippen LogP contribution in [0.2, 0.25) is 0 Å². The van der Waals surface area contributed by atoms with E-state index in [1.165, 1.54) is 6.92 Å². The monoisotopic (exact) mass is 186 g/mol. The van der Waals surface area contributed by atoms with Crippen molar-refractivity contribution in [2.75, 3.05) is 20.1 Å². The van der Waals surface area contributed by atoms with Gasteiger partial charge in [-0.3, -0.25) is 4.79 Å². The van der Waals surface area contributed by atoms with Crippen LogP contribution in [0.15, 0.2) is 0 Å². The van der Waals surface area contributed by atoms with Gasteiger partial charge in [-0.1, -0.05) is 0 Å². The Morgan fingerprint density at radius 2 is 2.08 bits per heavy atom. The molecule has 1 saturated heterocycles. The number of nitrogens with zero attached hydrogens (tertiary/aromatic N) is 1. The first-order chi connectivity index (χ1) is 6.15. The van der Waals surface area contributed by atoms with Crippen LogP contribution >= 0.6 is 0 Å². The molecule has 1 aliphatic rings. The van der Waals surface area contributed by atoms with Crippen molar-refractivity contribution in [3.63, 3.8) is 0 Å². The minimum atomic E-state index is -0.855. The fourth-order valence-corrected chi connectivity index (χ4v) is 1.65. The summed E-state index contributed by atoms with van der Waals surface area (Å²) >= 11 is 0. The summed E-state index contributed by atoms with van der Waals surface area (Å²) in [5, 5.41) is 12.3. The molecule has 0 saturated carbocycles. The van der Waals surface area contributed by atoms with E-state index < -0.39 is 6.10 Å². The molecule has 13 heavy (non-hydrogen) atoms. The predicted octanol–water partition coefficient (Wildman–Crippen LogP) is -0.422. The maximum absolute atomic E-state index is 11.3. The molecule has 0 radical (unpaired) electrons. The molecule has 0 aliphatic carbocycles. The molecule has 1 rings (SSSR count). The lowest BCUT2D eigenvalue weighted by Crippen LogP contribution is -2.46. The van der Waals surface area contributed by atoms with E-state index in [1.807, 2.05) is 7.05 Å². The number of likely N-dealkylation sites (tertiary alicyclic amines) is 1. The van der Waals surface area contributed by atoms with Gasteiger partial charge in [-0.15, -0.1) is 0 Å². The van der Waals surface area contributed by atoms with E-state index in [1.54, 1.807) is 4.90 Å². The molecule has 0 aromatic carbocycles. The number of aliphatic hydroxyl groups excluding tert-OH is 1. The average Bonchev–Trinajstić information content (AvgIpc) is 2.17. The van der Waals surface area contributed by atoms with Gasteiger partial charge in [0.2, 0.25) is 0 Å². The topological polar surface area (TPSA) is 52.6 Å². The van der Waals surface area contributed by atoms with E-state index in [4.69, 9.17) is 5.11 Å². The third kappa shape index (κ3) is 2.67. The molecular weight excluding hydrogens is 168 g/mol. The van der Waals surface area contributed by atoms with Crippen molar-refractivity contribution in [1.29, 1.82) is 0 Å². The molecule has 1 heterocycles. The van der Waals surface area contributed by atoms with Gasteiger partial charge >= 0.3 is 0 Å². The summed E-state index contributed by atoms with van der Waals surface area (Å²) in [6, 6.07) is 0.526. The standard InChI is InChI=1S/C9H18N2O2/c1-7(12)9(13)11-5-3-8(10-2)4-6-11/h7-8,10,12H,3-6H2,1-2H3. The highest BCUT2D eigenvalue weighted by Gasteiger charge is 2.23. The van der Waals surface area contributed by atoms with Gasteiger partial charge in [0, 0.05) is 19.1 Å². The van der Waals surface area contributed by atoms with Crippen molar-refractivity contribution in [2.45, 2.75) is 31.9 Å². The highest BCUT2D eigenvalue weighted by molar-refractivity contribution is 5.80. The fraction of sp³-hybridized carbons (Fsp3) is 0.889. The van der Waals surface area contributed by atoms with E-state index in [0.717, 1.165) is 25.9 Å². The Morgan fingerprint density at radius 1 is 1.54 bits per heavy atom. The zero-order chi connectivity index (χ0) is 9.84. The third-order valence-electron chi connectivity index (χ3n) is 2.57. The number of piperidine rings is 1. The van der Waals surface area contributed by atoms with Crippen molar-refractivity contribution in [2.24, 2.45) is 0 Å². The van der Waals surface area contributed by atoms with Gasteiger partial charge in [0.15, 0.2) is 0 Å². The summed E-state index contributed by atoms with van der Waals surface area (Å²) < 4.78 is 0. The van der Waals surface area contributed by atoms with E-state index in [0.29, 0.717) is 6.04 Å².